The predicted molar refractivity (Wildman–Crippen MR) is 83.3 cm³/mol. The number of hydrogen-bond donors (Lipinski definition) is 2. The van der Waals surface area contributed by atoms with E-state index in [0.29, 0.717) is 18.0 Å². The van der Waals surface area contributed by atoms with Crippen LogP contribution in [0.4, 0.5) is 0 Å². The molecule has 1 aliphatic rings. The molecule has 1 fully saturated rings. The molecule has 0 amide bonds. The van der Waals surface area contributed by atoms with Gasteiger partial charge in [0.1, 0.15) is 0 Å². The summed E-state index contributed by atoms with van der Waals surface area (Å²) in [5, 5.41) is 7.29. The van der Waals surface area contributed by atoms with Crippen molar-refractivity contribution in [3.63, 3.8) is 0 Å². The zero-order chi connectivity index (χ0) is 13.8. The van der Waals surface area contributed by atoms with E-state index in [4.69, 9.17) is 0 Å². The molecule has 104 valence electrons. The molecular weight excluding hydrogens is 244 g/mol. The quantitative estimate of drug-likeness (QED) is 0.840. The lowest BCUT2D eigenvalue weighted by atomic mass is 10.2. The maximum Gasteiger partial charge on any atom is 0.0268 e. The highest BCUT2D eigenvalue weighted by atomic mass is 15.1. The van der Waals surface area contributed by atoms with Crippen molar-refractivity contribution < 1.29 is 0 Å². The van der Waals surface area contributed by atoms with Crippen LogP contribution in [0.2, 0.25) is 0 Å². The number of rotatable bonds is 6. The summed E-state index contributed by atoms with van der Waals surface area (Å²) in [6.45, 7) is 4.23. The van der Waals surface area contributed by atoms with Gasteiger partial charge in [0.15, 0.2) is 0 Å². The first kappa shape index (κ1) is 13.3. The molecule has 2 heteroatoms. The molecule has 1 aliphatic carbocycles. The summed E-state index contributed by atoms with van der Waals surface area (Å²) in [7, 11) is 0. The summed E-state index contributed by atoms with van der Waals surface area (Å²) in [4.78, 5) is 0. The van der Waals surface area contributed by atoms with Gasteiger partial charge in [-0.3, -0.25) is 0 Å². The Morgan fingerprint density at radius 1 is 0.700 bits per heavy atom. The van der Waals surface area contributed by atoms with Crippen LogP contribution in [0.3, 0.4) is 0 Å². The highest BCUT2D eigenvalue weighted by Crippen LogP contribution is 2.31. The second-order valence-corrected chi connectivity index (χ2v) is 5.64. The molecule has 2 atom stereocenters. The highest BCUT2D eigenvalue weighted by Gasteiger charge is 2.45. The van der Waals surface area contributed by atoms with E-state index in [0.717, 1.165) is 13.1 Å². The molecule has 1 saturated carbocycles. The van der Waals surface area contributed by atoms with E-state index in [2.05, 4.69) is 78.2 Å². The molecular formula is C18H22N2. The lowest BCUT2D eigenvalue weighted by Gasteiger charge is -2.06. The van der Waals surface area contributed by atoms with Gasteiger partial charge in [-0.1, -0.05) is 67.6 Å². The van der Waals surface area contributed by atoms with Gasteiger partial charge in [0, 0.05) is 25.2 Å². The van der Waals surface area contributed by atoms with Crippen LogP contribution < -0.4 is 10.6 Å². The van der Waals surface area contributed by atoms with Gasteiger partial charge in [-0.2, -0.15) is 0 Å². The Labute approximate surface area is 121 Å². The van der Waals surface area contributed by atoms with E-state index in [1.807, 2.05) is 0 Å². The summed E-state index contributed by atoms with van der Waals surface area (Å²) in [6, 6.07) is 22.4. The Morgan fingerprint density at radius 3 is 1.50 bits per heavy atom. The first-order valence-corrected chi connectivity index (χ1v) is 7.39. The summed E-state index contributed by atoms with van der Waals surface area (Å²) in [5.41, 5.74) is 2.71. The minimum atomic E-state index is 0.596. The maximum atomic E-state index is 3.65. The van der Waals surface area contributed by atoms with E-state index in [-0.39, 0.29) is 0 Å². The van der Waals surface area contributed by atoms with Crippen molar-refractivity contribution in [2.45, 2.75) is 32.1 Å². The molecule has 0 spiro atoms. The van der Waals surface area contributed by atoms with Crippen molar-refractivity contribution in [2.24, 2.45) is 5.92 Å². The van der Waals surface area contributed by atoms with Gasteiger partial charge >= 0.3 is 0 Å². The van der Waals surface area contributed by atoms with Gasteiger partial charge in [-0.05, 0) is 17.0 Å². The van der Waals surface area contributed by atoms with Crippen molar-refractivity contribution >= 4 is 0 Å². The molecule has 2 aromatic carbocycles. The average molecular weight is 266 g/mol. The van der Waals surface area contributed by atoms with Crippen LogP contribution in [0, 0.1) is 5.92 Å². The molecule has 3 rings (SSSR count). The van der Waals surface area contributed by atoms with Gasteiger partial charge in [0.2, 0.25) is 0 Å². The standard InChI is InChI=1S/C18H22N2/c1-14-17(19-12-15-8-4-2-5-9-15)18(14)20-13-16-10-6-3-7-11-16/h2-11,14,17-20H,12-13H2,1H3/t17-,18-/m0/s1. The molecule has 0 radical (unpaired) electrons. The average Bonchev–Trinajstić information content (AvgIpc) is 3.14. The van der Waals surface area contributed by atoms with Gasteiger partial charge in [-0.25, -0.2) is 0 Å². The van der Waals surface area contributed by atoms with Crippen molar-refractivity contribution in [2.75, 3.05) is 0 Å². The largest absolute Gasteiger partial charge is 0.308 e. The Morgan fingerprint density at radius 2 is 1.10 bits per heavy atom. The van der Waals surface area contributed by atoms with Crippen LogP contribution in [-0.4, -0.2) is 12.1 Å². The number of nitrogens with one attached hydrogen (secondary N) is 2. The fourth-order valence-corrected chi connectivity index (χ4v) is 2.75. The predicted octanol–water partition coefficient (Wildman–Crippen LogP) is 2.95. The van der Waals surface area contributed by atoms with Crippen LogP contribution in [0.25, 0.3) is 0 Å². The third-order valence-corrected chi connectivity index (χ3v) is 4.15. The third-order valence-electron chi connectivity index (χ3n) is 4.15. The summed E-state index contributed by atoms with van der Waals surface area (Å²) < 4.78 is 0. The normalized spacial score (nSPS) is 24.6. The van der Waals surface area contributed by atoms with Crippen LogP contribution >= 0.6 is 0 Å². The fraction of sp³-hybridized carbons (Fsp3) is 0.333. The lowest BCUT2D eigenvalue weighted by molar-refractivity contribution is 0.604. The monoisotopic (exact) mass is 266 g/mol. The molecule has 20 heavy (non-hydrogen) atoms. The highest BCUT2D eigenvalue weighted by molar-refractivity contribution is 5.18. The Kier molecular flexibility index (Phi) is 4.14. The minimum Gasteiger partial charge on any atom is -0.308 e. The molecule has 2 aromatic rings. The van der Waals surface area contributed by atoms with E-state index in [9.17, 15) is 0 Å². The molecule has 0 saturated heterocycles. The van der Waals surface area contributed by atoms with Gasteiger partial charge in [-0.15, -0.1) is 0 Å². The second-order valence-electron chi connectivity index (χ2n) is 5.64. The van der Waals surface area contributed by atoms with Crippen molar-refractivity contribution in [1.29, 1.82) is 0 Å². The zero-order valence-corrected chi connectivity index (χ0v) is 11.9. The Balaban J connectivity index is 1.44. The summed E-state index contributed by atoms with van der Waals surface area (Å²) in [6.07, 6.45) is 0. The maximum absolute atomic E-state index is 3.65. The fourth-order valence-electron chi connectivity index (χ4n) is 2.75. The topological polar surface area (TPSA) is 24.1 Å². The third kappa shape index (κ3) is 3.27. The Hall–Kier alpha value is -1.64. The van der Waals surface area contributed by atoms with Crippen molar-refractivity contribution in [1.82, 2.24) is 10.6 Å². The molecule has 0 aromatic heterocycles. The van der Waals surface area contributed by atoms with Crippen LogP contribution in [0.1, 0.15) is 18.1 Å². The first-order valence-electron chi connectivity index (χ1n) is 7.39. The van der Waals surface area contributed by atoms with Crippen molar-refractivity contribution in [3.8, 4) is 0 Å². The van der Waals surface area contributed by atoms with Gasteiger partial charge < -0.3 is 10.6 Å². The van der Waals surface area contributed by atoms with E-state index >= 15 is 0 Å². The molecule has 2 N–H and O–H groups in total. The second kappa shape index (κ2) is 6.21. The molecule has 0 bridgehead atoms. The van der Waals surface area contributed by atoms with Gasteiger partial charge in [0.05, 0.1) is 0 Å². The van der Waals surface area contributed by atoms with E-state index in [1.165, 1.54) is 11.1 Å². The molecule has 0 unspecified atom stereocenters. The molecule has 2 nitrogen and oxygen atoms in total. The van der Waals surface area contributed by atoms with E-state index in [1.54, 1.807) is 0 Å². The smallest absolute Gasteiger partial charge is 0.0268 e. The van der Waals surface area contributed by atoms with Gasteiger partial charge in [0.25, 0.3) is 0 Å². The zero-order valence-electron chi connectivity index (χ0n) is 11.9. The summed E-state index contributed by atoms with van der Waals surface area (Å²) in [5.74, 6) is 0.711. The Bertz CT molecular complexity index is 474. The summed E-state index contributed by atoms with van der Waals surface area (Å²) >= 11 is 0. The minimum absolute atomic E-state index is 0.596. The lowest BCUT2D eigenvalue weighted by Crippen LogP contribution is -2.26. The van der Waals surface area contributed by atoms with E-state index < -0.39 is 0 Å². The van der Waals surface area contributed by atoms with Crippen LogP contribution in [-0.2, 0) is 13.1 Å². The molecule has 0 heterocycles. The first-order chi connectivity index (χ1) is 9.84. The van der Waals surface area contributed by atoms with Crippen LogP contribution in [0.15, 0.2) is 60.7 Å². The SMILES string of the molecule is CC1[C@H](NCc2ccccc2)[C@H]1NCc1ccccc1. The number of hydrogen-bond acceptors (Lipinski definition) is 2. The van der Waals surface area contributed by atoms with Crippen LogP contribution in [0.5, 0.6) is 0 Å². The number of benzene rings is 2. The van der Waals surface area contributed by atoms with Crippen molar-refractivity contribution in [3.05, 3.63) is 71.8 Å². The molecule has 0 aliphatic heterocycles.